The molecule has 1 N–H and O–H groups in total. The molecule has 0 aromatic heterocycles. The van der Waals surface area contributed by atoms with Gasteiger partial charge in [-0.25, -0.2) is 0 Å². The van der Waals surface area contributed by atoms with Crippen molar-refractivity contribution in [2.75, 3.05) is 31.0 Å². The van der Waals surface area contributed by atoms with Gasteiger partial charge in [0.15, 0.2) is 0 Å². The Morgan fingerprint density at radius 2 is 1.93 bits per heavy atom. The largest absolute Gasteiger partial charge is 0.495 e. The molecule has 1 atom stereocenters. The van der Waals surface area contributed by atoms with Crippen molar-refractivity contribution < 1.29 is 19.1 Å². The molecular formula is C21H23ClN2O4. The van der Waals surface area contributed by atoms with Crippen LogP contribution in [0, 0.1) is 5.92 Å². The van der Waals surface area contributed by atoms with Gasteiger partial charge in [0.2, 0.25) is 11.8 Å². The highest BCUT2D eigenvalue weighted by atomic mass is 35.5. The van der Waals surface area contributed by atoms with Gasteiger partial charge in [-0.2, -0.15) is 0 Å². The smallest absolute Gasteiger partial charge is 0.229 e. The summed E-state index contributed by atoms with van der Waals surface area (Å²) in [6.07, 6.45) is 0.982. The minimum Gasteiger partial charge on any atom is -0.495 e. The molecular weight excluding hydrogens is 380 g/mol. The standard InChI is InChI=1S/C21H23ClN2O4/c1-4-13-7-5-6-8-17(13)24-12-14(9-20(24)25)21(26)23-16-11-18(27-2)15(22)10-19(16)28-3/h5-8,10-11,14H,4,9,12H2,1-3H3,(H,23,26)/t14-/m0/s1. The Morgan fingerprint density at radius 3 is 2.61 bits per heavy atom. The number of benzene rings is 2. The van der Waals surface area contributed by atoms with E-state index in [1.807, 2.05) is 31.2 Å². The van der Waals surface area contributed by atoms with Crippen LogP contribution in [0.3, 0.4) is 0 Å². The number of methoxy groups -OCH3 is 2. The van der Waals surface area contributed by atoms with Crippen LogP contribution in [0.1, 0.15) is 18.9 Å². The molecule has 0 bridgehead atoms. The van der Waals surface area contributed by atoms with E-state index in [1.54, 1.807) is 17.0 Å². The Bertz CT molecular complexity index is 900. The van der Waals surface area contributed by atoms with Crippen LogP contribution in [0.15, 0.2) is 36.4 Å². The SMILES string of the molecule is CCc1ccccc1N1C[C@@H](C(=O)Nc2cc(OC)c(Cl)cc2OC)CC1=O. The number of carbonyl (C=O) groups is 2. The molecule has 2 aromatic carbocycles. The van der Waals surface area contributed by atoms with Crippen molar-refractivity contribution in [3.8, 4) is 11.5 Å². The molecule has 2 aromatic rings. The first kappa shape index (κ1) is 20.0. The first-order valence-electron chi connectivity index (χ1n) is 9.09. The predicted octanol–water partition coefficient (Wildman–Crippen LogP) is 3.91. The summed E-state index contributed by atoms with van der Waals surface area (Å²) in [4.78, 5) is 27.1. The van der Waals surface area contributed by atoms with Gasteiger partial charge in [-0.3, -0.25) is 9.59 Å². The molecule has 148 valence electrons. The van der Waals surface area contributed by atoms with Gasteiger partial charge >= 0.3 is 0 Å². The number of ether oxygens (including phenoxy) is 2. The van der Waals surface area contributed by atoms with E-state index in [0.29, 0.717) is 28.8 Å². The molecule has 3 rings (SSSR count). The minimum atomic E-state index is -0.455. The number of carbonyl (C=O) groups excluding carboxylic acids is 2. The van der Waals surface area contributed by atoms with Crippen molar-refractivity contribution >= 4 is 34.8 Å². The Balaban J connectivity index is 1.79. The Morgan fingerprint density at radius 1 is 1.21 bits per heavy atom. The molecule has 1 aliphatic rings. The molecule has 2 amide bonds. The summed E-state index contributed by atoms with van der Waals surface area (Å²) >= 11 is 6.11. The number of nitrogens with one attached hydrogen (secondary N) is 1. The normalized spacial score (nSPS) is 16.2. The number of para-hydroxylation sites is 1. The fraction of sp³-hybridized carbons (Fsp3) is 0.333. The second-order valence-corrected chi connectivity index (χ2v) is 6.97. The number of anilines is 2. The Hall–Kier alpha value is -2.73. The monoisotopic (exact) mass is 402 g/mol. The number of aryl methyl sites for hydroxylation is 1. The van der Waals surface area contributed by atoms with Crippen LogP contribution in [0.25, 0.3) is 0 Å². The summed E-state index contributed by atoms with van der Waals surface area (Å²) in [5.41, 5.74) is 2.41. The van der Waals surface area contributed by atoms with Crippen LogP contribution >= 0.6 is 11.6 Å². The summed E-state index contributed by atoms with van der Waals surface area (Å²) in [5.74, 6) is 0.105. The summed E-state index contributed by atoms with van der Waals surface area (Å²) < 4.78 is 10.5. The van der Waals surface area contributed by atoms with Gasteiger partial charge < -0.3 is 19.7 Å². The van der Waals surface area contributed by atoms with Gasteiger partial charge in [-0.1, -0.05) is 36.7 Å². The molecule has 7 heteroatoms. The maximum absolute atomic E-state index is 12.8. The lowest BCUT2D eigenvalue weighted by molar-refractivity contribution is -0.122. The molecule has 0 unspecified atom stereocenters. The van der Waals surface area contributed by atoms with Gasteiger partial charge in [0.1, 0.15) is 11.5 Å². The third-order valence-electron chi connectivity index (χ3n) is 4.89. The molecule has 1 aliphatic heterocycles. The number of hydrogen-bond acceptors (Lipinski definition) is 4. The van der Waals surface area contributed by atoms with E-state index >= 15 is 0 Å². The van der Waals surface area contributed by atoms with E-state index in [-0.39, 0.29) is 18.2 Å². The number of halogens is 1. The van der Waals surface area contributed by atoms with E-state index in [2.05, 4.69) is 5.32 Å². The van der Waals surface area contributed by atoms with Crippen molar-refractivity contribution in [3.05, 3.63) is 47.0 Å². The lowest BCUT2D eigenvalue weighted by Crippen LogP contribution is -2.28. The summed E-state index contributed by atoms with van der Waals surface area (Å²) in [6.45, 7) is 2.39. The highest BCUT2D eigenvalue weighted by Crippen LogP contribution is 2.36. The van der Waals surface area contributed by atoms with Crippen molar-refractivity contribution in [1.29, 1.82) is 0 Å². The quantitative estimate of drug-likeness (QED) is 0.795. The topological polar surface area (TPSA) is 67.9 Å². The van der Waals surface area contributed by atoms with Gasteiger partial charge in [-0.05, 0) is 18.1 Å². The van der Waals surface area contributed by atoms with Crippen LogP contribution in [-0.2, 0) is 16.0 Å². The van der Waals surface area contributed by atoms with Gasteiger partial charge in [0.05, 0.1) is 30.8 Å². The van der Waals surface area contributed by atoms with Gasteiger partial charge in [0.25, 0.3) is 0 Å². The first-order valence-corrected chi connectivity index (χ1v) is 9.46. The van der Waals surface area contributed by atoms with Crippen LogP contribution in [-0.4, -0.2) is 32.6 Å². The number of hydrogen-bond donors (Lipinski definition) is 1. The molecule has 1 saturated heterocycles. The molecule has 28 heavy (non-hydrogen) atoms. The van der Waals surface area contributed by atoms with Crippen LogP contribution in [0.5, 0.6) is 11.5 Å². The minimum absolute atomic E-state index is 0.0540. The van der Waals surface area contributed by atoms with Crippen LogP contribution in [0.4, 0.5) is 11.4 Å². The van der Waals surface area contributed by atoms with Crippen molar-refractivity contribution in [3.63, 3.8) is 0 Å². The van der Waals surface area contributed by atoms with Crippen molar-refractivity contribution in [1.82, 2.24) is 0 Å². The van der Waals surface area contributed by atoms with E-state index < -0.39 is 5.92 Å². The molecule has 6 nitrogen and oxygen atoms in total. The second kappa shape index (κ2) is 8.52. The zero-order valence-electron chi connectivity index (χ0n) is 16.1. The second-order valence-electron chi connectivity index (χ2n) is 6.56. The number of rotatable bonds is 6. The van der Waals surface area contributed by atoms with E-state index in [4.69, 9.17) is 21.1 Å². The van der Waals surface area contributed by atoms with E-state index in [1.165, 1.54) is 14.2 Å². The fourth-order valence-corrected chi connectivity index (χ4v) is 3.61. The summed E-state index contributed by atoms with van der Waals surface area (Å²) in [7, 11) is 2.99. The van der Waals surface area contributed by atoms with Gasteiger partial charge in [-0.15, -0.1) is 0 Å². The zero-order valence-corrected chi connectivity index (χ0v) is 16.9. The molecule has 0 aliphatic carbocycles. The third kappa shape index (κ3) is 3.92. The molecule has 0 spiro atoms. The molecule has 0 saturated carbocycles. The fourth-order valence-electron chi connectivity index (χ4n) is 3.38. The Kier molecular flexibility index (Phi) is 6.09. The predicted molar refractivity (Wildman–Crippen MR) is 109 cm³/mol. The van der Waals surface area contributed by atoms with E-state index in [9.17, 15) is 9.59 Å². The van der Waals surface area contributed by atoms with Crippen molar-refractivity contribution in [2.24, 2.45) is 5.92 Å². The molecule has 0 radical (unpaired) electrons. The average Bonchev–Trinajstić information content (AvgIpc) is 3.10. The number of amides is 2. The number of nitrogens with zero attached hydrogens (tertiary/aromatic N) is 1. The maximum Gasteiger partial charge on any atom is 0.229 e. The molecule has 1 heterocycles. The highest BCUT2D eigenvalue weighted by Gasteiger charge is 2.36. The summed E-state index contributed by atoms with van der Waals surface area (Å²) in [5, 5.41) is 3.23. The van der Waals surface area contributed by atoms with E-state index in [0.717, 1.165) is 17.7 Å². The maximum atomic E-state index is 12.8. The lowest BCUT2D eigenvalue weighted by atomic mass is 10.1. The average molecular weight is 403 g/mol. The Labute approximate surface area is 169 Å². The summed E-state index contributed by atoms with van der Waals surface area (Å²) in [6, 6.07) is 11.0. The third-order valence-corrected chi connectivity index (χ3v) is 5.19. The highest BCUT2D eigenvalue weighted by molar-refractivity contribution is 6.32. The molecule has 1 fully saturated rings. The van der Waals surface area contributed by atoms with Crippen LogP contribution in [0.2, 0.25) is 5.02 Å². The zero-order chi connectivity index (χ0) is 20.3. The van der Waals surface area contributed by atoms with Crippen molar-refractivity contribution in [2.45, 2.75) is 19.8 Å². The van der Waals surface area contributed by atoms with Gasteiger partial charge in [0, 0.05) is 30.8 Å². The van der Waals surface area contributed by atoms with Crippen LogP contribution < -0.4 is 19.7 Å². The first-order chi connectivity index (χ1) is 13.5. The lowest BCUT2D eigenvalue weighted by Gasteiger charge is -2.20.